The fourth-order valence-electron chi connectivity index (χ4n) is 4.48. The Labute approximate surface area is 205 Å². The van der Waals surface area contributed by atoms with Crippen LogP contribution in [0.4, 0.5) is 13.2 Å². The number of amides is 1. The molecule has 0 saturated carbocycles. The minimum Gasteiger partial charge on any atom is -0.466 e. The van der Waals surface area contributed by atoms with Crippen LogP contribution in [0.1, 0.15) is 48.9 Å². The second-order valence-corrected chi connectivity index (χ2v) is 8.98. The van der Waals surface area contributed by atoms with Gasteiger partial charge in [0, 0.05) is 37.8 Å². The number of hydrogen-bond donors (Lipinski definition) is 0. The molecule has 1 fully saturated rings. The summed E-state index contributed by atoms with van der Waals surface area (Å²) in [5.74, 6) is -1.39. The van der Waals surface area contributed by atoms with E-state index in [1.165, 1.54) is 6.07 Å². The number of rotatable bonds is 6. The largest absolute Gasteiger partial charge is 0.466 e. The molecule has 6 nitrogen and oxygen atoms in total. The number of fused-ring (bicyclic) bond motifs is 1. The summed E-state index contributed by atoms with van der Waals surface area (Å²) in [6.45, 7) is 2.82. The van der Waals surface area contributed by atoms with Crippen LogP contribution < -0.4 is 0 Å². The Morgan fingerprint density at radius 2 is 1.94 bits per heavy atom. The Kier molecular flexibility index (Phi) is 7.35. The number of ether oxygens (including phenoxy) is 1. The quantitative estimate of drug-likeness (QED) is 0.423. The summed E-state index contributed by atoms with van der Waals surface area (Å²) in [5, 5.41) is 0.437. The first kappa shape index (κ1) is 25.0. The zero-order chi connectivity index (χ0) is 25.2. The van der Waals surface area contributed by atoms with E-state index in [4.69, 9.17) is 16.3 Å². The van der Waals surface area contributed by atoms with E-state index in [9.17, 15) is 22.8 Å². The van der Waals surface area contributed by atoms with Gasteiger partial charge >= 0.3 is 12.1 Å². The van der Waals surface area contributed by atoms with Crippen LogP contribution >= 0.6 is 11.6 Å². The first-order chi connectivity index (χ1) is 16.7. The molecule has 3 heterocycles. The molecule has 10 heteroatoms. The molecular weight excluding hydrogens is 483 g/mol. The van der Waals surface area contributed by atoms with E-state index >= 15 is 0 Å². The van der Waals surface area contributed by atoms with Crippen LogP contribution in [0.25, 0.3) is 5.65 Å². The van der Waals surface area contributed by atoms with Crippen molar-refractivity contribution < 1.29 is 27.5 Å². The van der Waals surface area contributed by atoms with Crippen molar-refractivity contribution >= 4 is 29.1 Å². The summed E-state index contributed by atoms with van der Waals surface area (Å²) < 4.78 is 47.1. The van der Waals surface area contributed by atoms with E-state index < -0.39 is 17.7 Å². The van der Waals surface area contributed by atoms with Gasteiger partial charge in [0.2, 0.25) is 5.91 Å². The molecule has 0 aliphatic carbocycles. The van der Waals surface area contributed by atoms with Gasteiger partial charge in [0.05, 0.1) is 28.8 Å². The van der Waals surface area contributed by atoms with Gasteiger partial charge in [-0.15, -0.1) is 0 Å². The number of piperidine rings is 1. The molecular formula is C25H25ClF3N3O3. The molecule has 1 atom stereocenters. The van der Waals surface area contributed by atoms with Crippen molar-refractivity contribution in [3.05, 3.63) is 70.6 Å². The van der Waals surface area contributed by atoms with E-state index in [2.05, 4.69) is 4.98 Å². The molecule has 1 aromatic carbocycles. The highest BCUT2D eigenvalue weighted by molar-refractivity contribution is 6.30. The van der Waals surface area contributed by atoms with Gasteiger partial charge in [0.1, 0.15) is 5.65 Å². The molecule has 3 aromatic rings. The van der Waals surface area contributed by atoms with Gasteiger partial charge in [-0.05, 0) is 43.5 Å². The number of imidazole rings is 1. The van der Waals surface area contributed by atoms with Gasteiger partial charge in [-0.3, -0.25) is 9.59 Å². The van der Waals surface area contributed by atoms with Gasteiger partial charge in [-0.1, -0.05) is 29.8 Å². The van der Waals surface area contributed by atoms with Crippen molar-refractivity contribution in [3.63, 3.8) is 0 Å². The molecule has 1 saturated heterocycles. The molecule has 1 aliphatic heterocycles. The lowest BCUT2D eigenvalue weighted by Gasteiger charge is -2.32. The smallest absolute Gasteiger partial charge is 0.416 e. The number of likely N-dealkylation sites (tertiary alicyclic amines) is 1. The van der Waals surface area contributed by atoms with Crippen molar-refractivity contribution in [2.75, 3.05) is 19.7 Å². The molecule has 0 N–H and O–H groups in total. The van der Waals surface area contributed by atoms with Crippen molar-refractivity contribution in [1.29, 1.82) is 0 Å². The molecule has 0 spiro atoms. The van der Waals surface area contributed by atoms with Gasteiger partial charge in [-0.25, -0.2) is 4.98 Å². The summed E-state index contributed by atoms with van der Waals surface area (Å²) >= 11 is 6.16. The second-order valence-electron chi connectivity index (χ2n) is 8.55. The Bertz CT molecular complexity index is 1220. The van der Waals surface area contributed by atoms with E-state index in [1.807, 2.05) is 0 Å². The minimum absolute atomic E-state index is 0.0499. The van der Waals surface area contributed by atoms with Gasteiger partial charge in [0.25, 0.3) is 0 Å². The highest BCUT2D eigenvalue weighted by atomic mass is 35.5. The third kappa shape index (κ3) is 5.61. The van der Waals surface area contributed by atoms with Crippen LogP contribution in [0.3, 0.4) is 0 Å². The first-order valence-corrected chi connectivity index (χ1v) is 11.8. The van der Waals surface area contributed by atoms with Crippen molar-refractivity contribution in [3.8, 4) is 0 Å². The van der Waals surface area contributed by atoms with Crippen molar-refractivity contribution in [1.82, 2.24) is 14.3 Å². The lowest BCUT2D eigenvalue weighted by molar-refractivity contribution is -0.151. The van der Waals surface area contributed by atoms with Gasteiger partial charge < -0.3 is 14.0 Å². The Hall–Kier alpha value is -3.07. The number of benzene rings is 1. The van der Waals surface area contributed by atoms with Crippen LogP contribution in [0.2, 0.25) is 5.02 Å². The maximum atomic E-state index is 13.4. The molecule has 0 bridgehead atoms. The number of aromatic nitrogens is 2. The Morgan fingerprint density at radius 3 is 2.63 bits per heavy atom. The average Bonchev–Trinajstić information content (AvgIpc) is 3.25. The standard InChI is InChI=1S/C25H25ClF3N3O3/c1-2-35-24(34)16-8-10-31(11-9-16)23(33)13-20(17-4-3-5-18(12-17)25(27,28)29)21-14-30-22-7-6-19(26)15-32(21)22/h3-7,12,14-16,20H,2,8-11,13H2,1H3. The van der Waals surface area contributed by atoms with Crippen LogP contribution in [-0.2, 0) is 20.5 Å². The SMILES string of the molecule is CCOC(=O)C1CCN(C(=O)CC(c2cccc(C(F)(F)F)c2)c2cnc3ccc(Cl)cn23)CC1. The highest BCUT2D eigenvalue weighted by Gasteiger charge is 2.33. The number of pyridine rings is 1. The monoisotopic (exact) mass is 507 g/mol. The number of alkyl halides is 3. The summed E-state index contributed by atoms with van der Waals surface area (Å²) in [4.78, 5) is 31.3. The summed E-state index contributed by atoms with van der Waals surface area (Å²) in [7, 11) is 0. The molecule has 1 aliphatic rings. The maximum absolute atomic E-state index is 13.4. The third-order valence-corrected chi connectivity index (χ3v) is 6.54. The number of hydrogen-bond acceptors (Lipinski definition) is 4. The normalized spacial score (nSPS) is 15.9. The molecule has 4 rings (SSSR count). The fraction of sp³-hybridized carbons (Fsp3) is 0.400. The maximum Gasteiger partial charge on any atom is 0.416 e. The van der Waals surface area contributed by atoms with Crippen LogP contribution in [0.5, 0.6) is 0 Å². The van der Waals surface area contributed by atoms with Crippen LogP contribution in [0.15, 0.2) is 48.8 Å². The zero-order valence-corrected chi connectivity index (χ0v) is 19.9. The van der Waals surface area contributed by atoms with Crippen molar-refractivity contribution in [2.45, 2.75) is 38.3 Å². The number of nitrogens with zero attached hydrogens (tertiary/aromatic N) is 3. The van der Waals surface area contributed by atoms with E-state index in [0.717, 1.165) is 12.1 Å². The molecule has 1 amide bonds. The number of esters is 1. The van der Waals surface area contributed by atoms with Crippen LogP contribution in [0, 0.1) is 5.92 Å². The second kappa shape index (κ2) is 10.3. The van der Waals surface area contributed by atoms with E-state index in [1.54, 1.807) is 46.8 Å². The minimum atomic E-state index is -4.51. The molecule has 35 heavy (non-hydrogen) atoms. The van der Waals surface area contributed by atoms with E-state index in [-0.39, 0.29) is 24.2 Å². The average molecular weight is 508 g/mol. The zero-order valence-electron chi connectivity index (χ0n) is 19.1. The Balaban J connectivity index is 1.62. The summed E-state index contributed by atoms with van der Waals surface area (Å²) in [6.07, 6.45) is -0.381. The molecule has 1 unspecified atom stereocenters. The summed E-state index contributed by atoms with van der Waals surface area (Å²) in [5.41, 5.74) is 0.714. The molecule has 2 aromatic heterocycles. The molecule has 0 radical (unpaired) electrons. The fourth-order valence-corrected chi connectivity index (χ4v) is 4.65. The number of carbonyl (C=O) groups excluding carboxylic acids is 2. The lowest BCUT2D eigenvalue weighted by atomic mass is 9.90. The predicted octanol–water partition coefficient (Wildman–Crippen LogP) is 5.33. The number of carbonyl (C=O) groups is 2. The van der Waals surface area contributed by atoms with Gasteiger partial charge in [-0.2, -0.15) is 13.2 Å². The predicted molar refractivity (Wildman–Crippen MR) is 124 cm³/mol. The van der Waals surface area contributed by atoms with Crippen LogP contribution in [-0.4, -0.2) is 45.9 Å². The lowest BCUT2D eigenvalue weighted by Crippen LogP contribution is -2.41. The Morgan fingerprint density at radius 1 is 1.20 bits per heavy atom. The van der Waals surface area contributed by atoms with Gasteiger partial charge in [0.15, 0.2) is 0 Å². The molecule has 186 valence electrons. The first-order valence-electron chi connectivity index (χ1n) is 11.4. The summed E-state index contributed by atoms with van der Waals surface area (Å²) in [6, 6.07) is 8.40. The number of halogens is 4. The highest BCUT2D eigenvalue weighted by Crippen LogP contribution is 2.35. The van der Waals surface area contributed by atoms with Crippen molar-refractivity contribution in [2.24, 2.45) is 5.92 Å². The topological polar surface area (TPSA) is 63.9 Å². The third-order valence-electron chi connectivity index (χ3n) is 6.32. The van der Waals surface area contributed by atoms with E-state index in [0.29, 0.717) is 54.5 Å².